The van der Waals surface area contributed by atoms with Crippen LogP contribution in [0.3, 0.4) is 0 Å². The van der Waals surface area contributed by atoms with E-state index in [4.69, 9.17) is 0 Å². The average Bonchev–Trinajstić information content (AvgIpc) is 3.91. The number of aromatic nitrogens is 1. The van der Waals surface area contributed by atoms with Crippen LogP contribution in [0.25, 0.3) is 55.8 Å². The van der Waals surface area contributed by atoms with Gasteiger partial charge in [-0.1, -0.05) is 197 Å². The van der Waals surface area contributed by atoms with Crippen molar-refractivity contribution in [3.63, 3.8) is 0 Å². The lowest BCUT2D eigenvalue weighted by molar-refractivity contribution is -0.332. The van der Waals surface area contributed by atoms with Crippen molar-refractivity contribution in [3.8, 4) is 44.6 Å². The zero-order valence-electron chi connectivity index (χ0n) is 40.6. The molecule has 0 atom stereocenters. The predicted molar refractivity (Wildman–Crippen MR) is 282 cm³/mol. The van der Waals surface area contributed by atoms with Crippen LogP contribution in [0.15, 0.2) is 182 Å². The quantitative estimate of drug-likeness (QED) is 0.141. The summed E-state index contributed by atoms with van der Waals surface area (Å²) in [5, 5.41) is 0. The number of halogens is 1. The van der Waals surface area contributed by atoms with Gasteiger partial charge in [0.25, 0.3) is 0 Å². The second kappa shape index (κ2) is 16.7. The van der Waals surface area contributed by atoms with Crippen molar-refractivity contribution >= 4 is 24.1 Å². The zero-order chi connectivity index (χ0) is 46.9. The van der Waals surface area contributed by atoms with E-state index in [2.05, 4.69) is 245 Å². The molecule has 0 bridgehead atoms. The highest BCUT2D eigenvalue weighted by molar-refractivity contribution is 6.46. The third kappa shape index (κ3) is 8.18. The van der Waals surface area contributed by atoms with Gasteiger partial charge in [0.05, 0.1) is 16.8 Å². The van der Waals surface area contributed by atoms with Crippen molar-refractivity contribution in [2.45, 2.75) is 80.1 Å². The monoisotopic (exact) mass is 873 g/mol. The molecule has 0 fully saturated rings. The van der Waals surface area contributed by atoms with Gasteiger partial charge >= 0.3 is 7.26 Å². The normalized spacial score (nSPS) is 13.8. The molecule has 3 heterocycles. The van der Waals surface area contributed by atoms with Crippen LogP contribution in [0.4, 0.5) is 4.32 Å². The first-order chi connectivity index (χ1) is 32.0. The van der Waals surface area contributed by atoms with Gasteiger partial charge < -0.3 is 0 Å². The molecule has 0 saturated carbocycles. The minimum atomic E-state index is -1.57. The van der Waals surface area contributed by atoms with Gasteiger partial charge in [-0.25, -0.2) is 8.80 Å². The lowest BCUT2D eigenvalue weighted by Gasteiger charge is -2.25. The molecule has 4 heteroatoms. The summed E-state index contributed by atoms with van der Waals surface area (Å²) < 4.78 is 22.9. The number of aryl methyl sites for hydroxylation is 4. The molecule has 2 aliphatic heterocycles. The molecule has 0 aliphatic carbocycles. The SMILES string of the molecule is Cc1ccc(C2=CC(c3ccc(C)cc3)=[N+]3B(F)n4c(-c5ccc(C)cc5)cc(-c5ccc(C)cc5)c4C(c4cc(-c5ccc(C(C)(C)C)cc5)cc(-c5ccc(C(C)(C)C)cc5)c4)=C23)cc1. The van der Waals surface area contributed by atoms with Crippen molar-refractivity contribution in [3.05, 3.63) is 237 Å². The first-order valence-electron chi connectivity index (χ1n) is 23.7. The van der Waals surface area contributed by atoms with Gasteiger partial charge in [0.1, 0.15) is 0 Å². The van der Waals surface area contributed by atoms with E-state index in [0.717, 1.165) is 101 Å². The molecule has 10 rings (SSSR count). The van der Waals surface area contributed by atoms with E-state index < -0.39 is 7.26 Å². The van der Waals surface area contributed by atoms with Crippen molar-refractivity contribution < 1.29 is 8.80 Å². The fraction of sp³-hybridized carbons (Fsp3) is 0.190. The van der Waals surface area contributed by atoms with Crippen LogP contribution in [0.1, 0.15) is 97.3 Å². The van der Waals surface area contributed by atoms with Crippen molar-refractivity contribution in [2.24, 2.45) is 0 Å². The van der Waals surface area contributed by atoms with Gasteiger partial charge in [-0.2, -0.15) is 0 Å². The smallest absolute Gasteiger partial charge is 0.285 e. The molecule has 0 saturated heterocycles. The molecule has 330 valence electrons. The minimum absolute atomic E-state index is 0.0150. The van der Waals surface area contributed by atoms with Gasteiger partial charge in [-0.05, 0) is 131 Å². The molecule has 2 aliphatic rings. The molecule has 0 amide bonds. The molecule has 0 N–H and O–H groups in total. The Morgan fingerprint density at radius 3 is 1.25 bits per heavy atom. The summed E-state index contributed by atoms with van der Waals surface area (Å²) in [7, 11) is -1.57. The third-order valence-electron chi connectivity index (χ3n) is 13.8. The number of hydrogen-bond acceptors (Lipinski definition) is 0. The van der Waals surface area contributed by atoms with Gasteiger partial charge in [0, 0.05) is 22.9 Å². The minimum Gasteiger partial charge on any atom is -0.285 e. The maximum atomic E-state index is 19.0. The lowest BCUT2D eigenvalue weighted by Crippen LogP contribution is -2.41. The first-order valence-corrected chi connectivity index (χ1v) is 23.7. The Labute approximate surface area is 397 Å². The first kappa shape index (κ1) is 43.8. The van der Waals surface area contributed by atoms with Crippen LogP contribution < -0.4 is 0 Å². The van der Waals surface area contributed by atoms with E-state index in [0.29, 0.717) is 0 Å². The molecule has 0 spiro atoms. The highest BCUT2D eigenvalue weighted by Gasteiger charge is 2.54. The molecular formula is C63H59BFN2+. The van der Waals surface area contributed by atoms with Gasteiger partial charge in [0.15, 0.2) is 5.71 Å². The molecule has 2 nitrogen and oxygen atoms in total. The Morgan fingerprint density at radius 2 is 0.806 bits per heavy atom. The highest BCUT2D eigenvalue weighted by atomic mass is 19.1. The molecule has 67 heavy (non-hydrogen) atoms. The Bertz CT molecular complexity index is 3200. The number of allylic oxidation sites excluding steroid dienone is 2. The standard InChI is InChI=1S/C63H59BFN2/c1-40-11-19-46(20-12-40)55-38-57(48-23-15-42(3)16-24-48)66-60(55)59(61-56(47-21-13-41(2)14-22-47)39-58(67(61)64(66)65)49-25-17-43(4)18-26-49)52-36-50(44-27-31-53(32-28-44)62(5,6)7)35-51(37-52)45-29-33-54(34-30-45)63(8,9)10/h11-39H,1-10H3/q+1. The zero-order valence-corrected chi connectivity index (χ0v) is 40.6. The van der Waals surface area contributed by atoms with E-state index in [-0.39, 0.29) is 10.8 Å². The highest BCUT2D eigenvalue weighted by Crippen LogP contribution is 2.49. The molecular weight excluding hydrogens is 815 g/mol. The summed E-state index contributed by atoms with van der Waals surface area (Å²) in [5.74, 6) is 0. The Hall–Kier alpha value is -7.04. The second-order valence-electron chi connectivity index (χ2n) is 20.9. The number of hydrogen-bond donors (Lipinski definition) is 0. The van der Waals surface area contributed by atoms with Crippen molar-refractivity contribution in [1.29, 1.82) is 0 Å². The van der Waals surface area contributed by atoms with E-state index in [1.54, 1.807) is 0 Å². The summed E-state index contributed by atoms with van der Waals surface area (Å²) in [6.07, 6.45) is 2.22. The van der Waals surface area contributed by atoms with Crippen LogP contribution in [0.5, 0.6) is 0 Å². The van der Waals surface area contributed by atoms with Crippen molar-refractivity contribution in [2.75, 3.05) is 0 Å². The second-order valence-corrected chi connectivity index (χ2v) is 20.9. The Morgan fingerprint density at radius 1 is 0.418 bits per heavy atom. The van der Waals surface area contributed by atoms with E-state index in [1.165, 1.54) is 22.3 Å². The summed E-state index contributed by atoms with van der Waals surface area (Å²) in [6.45, 7) is 22.0. The average molecular weight is 874 g/mol. The molecule has 7 aromatic carbocycles. The predicted octanol–water partition coefficient (Wildman–Crippen LogP) is 16.2. The van der Waals surface area contributed by atoms with Gasteiger partial charge in [0.2, 0.25) is 5.70 Å². The number of nitrogens with zero attached hydrogens (tertiary/aromatic N) is 2. The third-order valence-corrected chi connectivity index (χ3v) is 13.8. The van der Waals surface area contributed by atoms with Crippen molar-refractivity contribution in [1.82, 2.24) is 4.48 Å². The number of benzene rings is 7. The van der Waals surface area contributed by atoms with Crippen LogP contribution in [-0.4, -0.2) is 21.9 Å². The fourth-order valence-corrected chi connectivity index (χ4v) is 9.73. The maximum Gasteiger partial charge on any atom is 0.847 e. The number of rotatable bonds is 7. The summed E-state index contributed by atoms with van der Waals surface area (Å²) in [6, 6.07) is 61.8. The van der Waals surface area contributed by atoms with Crippen LogP contribution in [0, 0.1) is 27.7 Å². The molecule has 1 aromatic heterocycles. The summed E-state index contributed by atoms with van der Waals surface area (Å²) in [5.41, 5.74) is 23.1. The summed E-state index contributed by atoms with van der Waals surface area (Å²) >= 11 is 0. The molecule has 0 radical (unpaired) electrons. The van der Waals surface area contributed by atoms with Crippen LogP contribution in [-0.2, 0) is 10.8 Å². The molecule has 8 aromatic rings. The van der Waals surface area contributed by atoms with E-state index >= 15 is 4.32 Å². The fourth-order valence-electron chi connectivity index (χ4n) is 9.73. The molecule has 0 unspecified atom stereocenters. The van der Waals surface area contributed by atoms with Gasteiger partial charge in [-0.15, -0.1) is 0 Å². The summed E-state index contributed by atoms with van der Waals surface area (Å²) in [4.78, 5) is 0. The van der Waals surface area contributed by atoms with Gasteiger partial charge in [-0.3, -0.25) is 4.48 Å². The lowest BCUT2D eigenvalue weighted by atomic mass is 9.82. The van der Waals surface area contributed by atoms with Crippen LogP contribution >= 0.6 is 0 Å². The Kier molecular flexibility index (Phi) is 10.9. The largest absolute Gasteiger partial charge is 0.847 e. The van der Waals surface area contributed by atoms with E-state index in [9.17, 15) is 0 Å². The maximum absolute atomic E-state index is 19.0. The van der Waals surface area contributed by atoms with E-state index in [1.807, 2.05) is 8.96 Å². The van der Waals surface area contributed by atoms with Crippen LogP contribution in [0.2, 0.25) is 0 Å². The Balaban J connectivity index is 1.36. The number of fused-ring (bicyclic) bond motifs is 2. The topological polar surface area (TPSA) is 7.94 Å².